The molecule has 0 amide bonds. The van der Waals surface area contributed by atoms with Gasteiger partial charge in [-0.3, -0.25) is 0 Å². The molecule has 1 aromatic rings. The van der Waals surface area contributed by atoms with Crippen LogP contribution in [0.4, 0.5) is 0 Å². The van der Waals surface area contributed by atoms with Crippen LogP contribution in [0.2, 0.25) is 0 Å². The lowest BCUT2D eigenvalue weighted by Gasteiger charge is -2.24. The molecule has 1 aliphatic rings. The molecule has 0 aliphatic carbocycles. The maximum absolute atomic E-state index is 9.86. The summed E-state index contributed by atoms with van der Waals surface area (Å²) in [4.78, 5) is 1.74. The third kappa shape index (κ3) is 2.20. The lowest BCUT2D eigenvalue weighted by Crippen LogP contribution is -2.36. The highest BCUT2D eigenvalue weighted by atomic mass is 16.3. The van der Waals surface area contributed by atoms with Crippen molar-refractivity contribution in [1.29, 1.82) is 0 Å². The first-order chi connectivity index (χ1) is 7.18. The van der Waals surface area contributed by atoms with E-state index in [-0.39, 0.29) is 5.92 Å². The summed E-state index contributed by atoms with van der Waals surface area (Å²) in [6, 6.07) is 9.90. The van der Waals surface area contributed by atoms with Crippen LogP contribution in [0.1, 0.15) is 18.9 Å². The molecule has 2 rings (SSSR count). The smallest absolute Gasteiger partial charge is 0.112 e. The first kappa shape index (κ1) is 10.6. The highest BCUT2D eigenvalue weighted by Crippen LogP contribution is 2.27. The molecule has 1 heterocycles. The van der Waals surface area contributed by atoms with Crippen molar-refractivity contribution in [2.24, 2.45) is 5.92 Å². The van der Waals surface area contributed by atoms with Crippen molar-refractivity contribution in [3.05, 3.63) is 35.9 Å². The Morgan fingerprint density at radius 3 is 2.47 bits per heavy atom. The second-order valence-corrected chi connectivity index (χ2v) is 4.27. The molecule has 0 spiro atoms. The third-order valence-electron chi connectivity index (χ3n) is 3.02. The van der Waals surface area contributed by atoms with E-state index in [0.717, 1.165) is 5.56 Å². The number of hydrogen-bond donors (Lipinski definition) is 2. The monoisotopic (exact) mass is 207 g/mol. The van der Waals surface area contributed by atoms with E-state index in [1.165, 1.54) is 0 Å². The maximum Gasteiger partial charge on any atom is 0.112 e. The average Bonchev–Trinajstić information content (AvgIpc) is 2.47. The molecule has 1 aromatic carbocycles. The minimum absolute atomic E-state index is 0.142. The third-order valence-corrected chi connectivity index (χ3v) is 3.02. The van der Waals surface area contributed by atoms with E-state index in [0.29, 0.717) is 13.0 Å². The Morgan fingerprint density at radius 2 is 1.93 bits per heavy atom. The van der Waals surface area contributed by atoms with Gasteiger partial charge in [0.25, 0.3) is 0 Å². The molecule has 3 nitrogen and oxygen atoms in total. The Balaban J connectivity index is 2.06. The number of aliphatic hydroxyl groups is 2. The van der Waals surface area contributed by atoms with E-state index in [1.54, 1.807) is 4.90 Å². The van der Waals surface area contributed by atoms with Crippen LogP contribution in [0.5, 0.6) is 0 Å². The predicted molar refractivity (Wildman–Crippen MR) is 57.8 cm³/mol. The number of hydrogen-bond acceptors (Lipinski definition) is 3. The molecular formula is C12H17NO2. The topological polar surface area (TPSA) is 43.7 Å². The maximum atomic E-state index is 9.86. The molecule has 3 atom stereocenters. The van der Waals surface area contributed by atoms with Crippen LogP contribution < -0.4 is 0 Å². The van der Waals surface area contributed by atoms with Crippen molar-refractivity contribution < 1.29 is 10.2 Å². The van der Waals surface area contributed by atoms with Gasteiger partial charge in [-0.15, -0.1) is 0 Å². The van der Waals surface area contributed by atoms with Gasteiger partial charge in [0.15, 0.2) is 0 Å². The predicted octanol–water partition coefficient (Wildman–Crippen LogP) is 1.17. The highest BCUT2D eigenvalue weighted by Gasteiger charge is 2.36. The van der Waals surface area contributed by atoms with Crippen molar-refractivity contribution >= 4 is 0 Å². The van der Waals surface area contributed by atoms with Crippen LogP contribution in [-0.4, -0.2) is 27.6 Å². The molecule has 0 aromatic heterocycles. The number of likely N-dealkylation sites (tertiary alicyclic amines) is 1. The number of rotatable bonds is 2. The van der Waals surface area contributed by atoms with Gasteiger partial charge in [0, 0.05) is 6.54 Å². The molecule has 15 heavy (non-hydrogen) atoms. The van der Waals surface area contributed by atoms with E-state index in [1.807, 2.05) is 37.3 Å². The molecule has 82 valence electrons. The second-order valence-electron chi connectivity index (χ2n) is 4.27. The SMILES string of the molecule is CC1CC(O)N(Cc2ccccc2)C1O. The minimum Gasteiger partial charge on any atom is -0.378 e. The fourth-order valence-corrected chi connectivity index (χ4v) is 2.09. The van der Waals surface area contributed by atoms with Crippen LogP contribution >= 0.6 is 0 Å². The first-order valence-electron chi connectivity index (χ1n) is 5.34. The lowest BCUT2D eigenvalue weighted by atomic mass is 10.1. The molecule has 1 aliphatic heterocycles. The molecule has 1 saturated heterocycles. The van der Waals surface area contributed by atoms with Crippen molar-refractivity contribution in [2.45, 2.75) is 32.3 Å². The fourth-order valence-electron chi connectivity index (χ4n) is 2.09. The Bertz CT molecular complexity index is 315. The zero-order chi connectivity index (χ0) is 10.8. The summed E-state index contributed by atoms with van der Waals surface area (Å²) < 4.78 is 0. The largest absolute Gasteiger partial charge is 0.378 e. The van der Waals surface area contributed by atoms with E-state index >= 15 is 0 Å². The van der Waals surface area contributed by atoms with Crippen LogP contribution in [0.15, 0.2) is 30.3 Å². The van der Waals surface area contributed by atoms with E-state index < -0.39 is 12.5 Å². The van der Waals surface area contributed by atoms with Gasteiger partial charge in [0.2, 0.25) is 0 Å². The van der Waals surface area contributed by atoms with E-state index in [2.05, 4.69) is 0 Å². The number of nitrogens with zero attached hydrogens (tertiary/aromatic N) is 1. The first-order valence-corrected chi connectivity index (χ1v) is 5.34. The minimum atomic E-state index is -0.528. The van der Waals surface area contributed by atoms with Gasteiger partial charge in [0.05, 0.1) is 0 Å². The highest BCUT2D eigenvalue weighted by molar-refractivity contribution is 5.14. The summed E-state index contributed by atoms with van der Waals surface area (Å²) in [7, 11) is 0. The molecule has 0 bridgehead atoms. The summed E-state index contributed by atoms with van der Waals surface area (Å²) in [6.45, 7) is 2.56. The molecule has 3 heteroatoms. The summed E-state index contributed by atoms with van der Waals surface area (Å²) in [5.74, 6) is 0.142. The molecule has 0 saturated carbocycles. The molecule has 1 fully saturated rings. The molecule has 2 N–H and O–H groups in total. The summed E-state index contributed by atoms with van der Waals surface area (Å²) >= 11 is 0. The van der Waals surface area contributed by atoms with Crippen molar-refractivity contribution in [2.75, 3.05) is 0 Å². The Hall–Kier alpha value is -0.900. The van der Waals surface area contributed by atoms with Crippen LogP contribution in [0.3, 0.4) is 0 Å². The van der Waals surface area contributed by atoms with E-state index in [4.69, 9.17) is 0 Å². The average molecular weight is 207 g/mol. The van der Waals surface area contributed by atoms with Gasteiger partial charge in [-0.05, 0) is 17.9 Å². The number of benzene rings is 1. The zero-order valence-electron chi connectivity index (χ0n) is 8.87. The molecule has 3 unspecified atom stereocenters. The molecular weight excluding hydrogens is 190 g/mol. The van der Waals surface area contributed by atoms with Gasteiger partial charge in [-0.1, -0.05) is 37.3 Å². The van der Waals surface area contributed by atoms with E-state index in [9.17, 15) is 10.2 Å². The Kier molecular flexibility index (Phi) is 3.05. The van der Waals surface area contributed by atoms with Gasteiger partial charge in [-0.2, -0.15) is 0 Å². The summed E-state index contributed by atoms with van der Waals surface area (Å²) in [5, 5.41) is 19.6. The zero-order valence-corrected chi connectivity index (χ0v) is 8.87. The van der Waals surface area contributed by atoms with Crippen molar-refractivity contribution in [1.82, 2.24) is 4.90 Å². The van der Waals surface area contributed by atoms with Crippen LogP contribution in [0.25, 0.3) is 0 Å². The fraction of sp³-hybridized carbons (Fsp3) is 0.500. The summed E-state index contributed by atoms with van der Waals surface area (Å²) in [5.41, 5.74) is 1.12. The lowest BCUT2D eigenvalue weighted by molar-refractivity contribution is -0.0661. The van der Waals surface area contributed by atoms with Gasteiger partial charge < -0.3 is 10.2 Å². The standard InChI is InChI=1S/C12H17NO2/c1-9-7-11(14)13(12(9)15)8-10-5-3-2-4-6-10/h2-6,9,11-12,14-15H,7-8H2,1H3. The second kappa shape index (κ2) is 4.31. The van der Waals surface area contributed by atoms with Crippen LogP contribution in [-0.2, 0) is 6.54 Å². The van der Waals surface area contributed by atoms with Crippen molar-refractivity contribution in [3.8, 4) is 0 Å². The number of aliphatic hydroxyl groups excluding tert-OH is 2. The Labute approximate surface area is 90.0 Å². The van der Waals surface area contributed by atoms with Gasteiger partial charge in [-0.25, -0.2) is 4.90 Å². The van der Waals surface area contributed by atoms with Gasteiger partial charge >= 0.3 is 0 Å². The Morgan fingerprint density at radius 1 is 1.27 bits per heavy atom. The summed E-state index contributed by atoms with van der Waals surface area (Å²) in [6.07, 6.45) is -0.399. The molecule has 0 radical (unpaired) electrons. The van der Waals surface area contributed by atoms with Crippen LogP contribution in [0, 0.1) is 5.92 Å². The van der Waals surface area contributed by atoms with Crippen molar-refractivity contribution in [3.63, 3.8) is 0 Å². The normalized spacial score (nSPS) is 32.1. The van der Waals surface area contributed by atoms with Gasteiger partial charge in [0.1, 0.15) is 12.5 Å². The quantitative estimate of drug-likeness (QED) is 0.765.